The minimum absolute atomic E-state index is 0.0676. The molecule has 0 radical (unpaired) electrons. The van der Waals surface area contributed by atoms with E-state index < -0.39 is 0 Å². The molecule has 0 aliphatic carbocycles. The lowest BCUT2D eigenvalue weighted by Gasteiger charge is -2.22. The maximum Gasteiger partial charge on any atom is 0.203 e. The summed E-state index contributed by atoms with van der Waals surface area (Å²) in [7, 11) is 0. The number of rotatable bonds is 8. The van der Waals surface area contributed by atoms with Gasteiger partial charge in [-0.15, -0.1) is 0 Å². The zero-order chi connectivity index (χ0) is 19.8. The van der Waals surface area contributed by atoms with Crippen molar-refractivity contribution in [2.24, 2.45) is 0 Å². The molecule has 1 aliphatic rings. The third kappa shape index (κ3) is 5.46. The van der Waals surface area contributed by atoms with Crippen molar-refractivity contribution in [2.75, 3.05) is 13.2 Å². The Labute approximate surface area is 166 Å². The normalized spacial score (nSPS) is 16.5. The highest BCUT2D eigenvalue weighted by molar-refractivity contribution is 5.36. The third-order valence-corrected chi connectivity index (χ3v) is 5.12. The van der Waals surface area contributed by atoms with Crippen molar-refractivity contribution in [3.8, 4) is 11.9 Å². The van der Waals surface area contributed by atoms with E-state index in [2.05, 4.69) is 36.2 Å². The first-order valence-electron chi connectivity index (χ1n) is 10.2. The number of hydrogen-bond acceptors (Lipinski definition) is 4. The number of ether oxygens (including phenoxy) is 2. The average Bonchev–Trinajstić information content (AvgIpc) is 2.72. The van der Waals surface area contributed by atoms with Gasteiger partial charge in [0.25, 0.3) is 0 Å². The fourth-order valence-corrected chi connectivity index (χ4v) is 3.53. The second kappa shape index (κ2) is 10.1. The van der Waals surface area contributed by atoms with Crippen LogP contribution in [0, 0.1) is 11.3 Å². The molecule has 1 N–H and O–H groups in total. The third-order valence-electron chi connectivity index (χ3n) is 5.12. The van der Waals surface area contributed by atoms with Gasteiger partial charge in [0, 0.05) is 18.4 Å². The first-order chi connectivity index (χ1) is 13.7. The standard InChI is InChI=1S/C23H28N2O3/c1-2-5-17-7-9-18(10-8-17)11-12-21-20(15-24)22(26)14-23(25-21)28-16-19-6-3-4-13-27-19/h7-10,14,19H,2-6,11-13,16H2,1H3,(H,25,26). The van der Waals surface area contributed by atoms with Gasteiger partial charge >= 0.3 is 0 Å². The van der Waals surface area contributed by atoms with Gasteiger partial charge in [0.15, 0.2) is 5.88 Å². The van der Waals surface area contributed by atoms with Crippen LogP contribution in [0.4, 0.5) is 0 Å². The summed E-state index contributed by atoms with van der Waals surface area (Å²) in [6.07, 6.45) is 6.82. The van der Waals surface area contributed by atoms with E-state index in [9.17, 15) is 10.1 Å². The molecule has 2 aromatic rings. The van der Waals surface area contributed by atoms with E-state index in [-0.39, 0.29) is 17.1 Å². The number of nitriles is 1. The highest BCUT2D eigenvalue weighted by Crippen LogP contribution is 2.16. The number of hydrogen-bond donors (Lipinski definition) is 1. The van der Waals surface area contributed by atoms with Crippen LogP contribution in [0.2, 0.25) is 0 Å². The first kappa shape index (κ1) is 20.2. The van der Waals surface area contributed by atoms with Crippen LogP contribution in [0.1, 0.15) is 55.0 Å². The van der Waals surface area contributed by atoms with E-state index in [0.717, 1.165) is 45.1 Å². The Morgan fingerprint density at radius 3 is 2.57 bits per heavy atom. The molecule has 0 saturated carbocycles. The number of nitrogens with zero attached hydrogens (tertiary/aromatic N) is 1. The van der Waals surface area contributed by atoms with Crippen LogP contribution in [0.15, 0.2) is 35.1 Å². The van der Waals surface area contributed by atoms with E-state index in [4.69, 9.17) is 9.47 Å². The van der Waals surface area contributed by atoms with Crippen LogP contribution in [0.5, 0.6) is 5.88 Å². The highest BCUT2D eigenvalue weighted by atomic mass is 16.5. The predicted molar refractivity (Wildman–Crippen MR) is 109 cm³/mol. The van der Waals surface area contributed by atoms with Gasteiger partial charge in [-0.1, -0.05) is 37.6 Å². The number of H-pyrrole nitrogens is 1. The molecular weight excluding hydrogens is 352 g/mol. The minimum atomic E-state index is -0.297. The number of aryl methyl sites for hydroxylation is 3. The second-order valence-corrected chi connectivity index (χ2v) is 7.33. The van der Waals surface area contributed by atoms with E-state index >= 15 is 0 Å². The summed E-state index contributed by atoms with van der Waals surface area (Å²) in [6.45, 7) is 3.35. The Morgan fingerprint density at radius 1 is 1.18 bits per heavy atom. The number of benzene rings is 1. The first-order valence-corrected chi connectivity index (χ1v) is 10.2. The topological polar surface area (TPSA) is 75.1 Å². The Hall–Kier alpha value is -2.58. The maximum atomic E-state index is 12.3. The van der Waals surface area contributed by atoms with Gasteiger partial charge in [-0.2, -0.15) is 5.26 Å². The van der Waals surface area contributed by atoms with E-state index in [1.807, 2.05) is 6.07 Å². The molecule has 1 aliphatic heterocycles. The van der Waals surface area contributed by atoms with Crippen LogP contribution < -0.4 is 10.2 Å². The molecule has 1 aromatic carbocycles. The summed E-state index contributed by atoms with van der Waals surface area (Å²) in [5, 5.41) is 9.39. The predicted octanol–water partition coefficient (Wildman–Crippen LogP) is 3.93. The van der Waals surface area contributed by atoms with E-state index in [1.54, 1.807) is 0 Å². The van der Waals surface area contributed by atoms with Gasteiger partial charge in [-0.25, -0.2) is 0 Å². The lowest BCUT2D eigenvalue weighted by Crippen LogP contribution is -2.26. The molecule has 5 nitrogen and oxygen atoms in total. The summed E-state index contributed by atoms with van der Waals surface area (Å²) >= 11 is 0. The fraction of sp³-hybridized carbons (Fsp3) is 0.478. The lowest BCUT2D eigenvalue weighted by atomic mass is 10.0. The van der Waals surface area contributed by atoms with Crippen LogP contribution >= 0.6 is 0 Å². The monoisotopic (exact) mass is 380 g/mol. The average molecular weight is 380 g/mol. The van der Waals surface area contributed by atoms with Crippen molar-refractivity contribution in [3.05, 3.63) is 62.9 Å². The van der Waals surface area contributed by atoms with Gasteiger partial charge in [0.2, 0.25) is 5.43 Å². The van der Waals surface area contributed by atoms with Gasteiger partial charge in [0.1, 0.15) is 18.2 Å². The molecule has 28 heavy (non-hydrogen) atoms. The molecule has 5 heteroatoms. The maximum absolute atomic E-state index is 12.3. The molecular formula is C23H28N2O3. The van der Waals surface area contributed by atoms with Crippen LogP contribution in [0.25, 0.3) is 0 Å². The Morgan fingerprint density at radius 2 is 1.93 bits per heavy atom. The summed E-state index contributed by atoms with van der Waals surface area (Å²) in [5.74, 6) is 0.409. The molecule has 1 aromatic heterocycles. The SMILES string of the molecule is CCCc1ccc(CCc2[nH]c(OCC3CCCCO3)cc(=O)c2C#N)cc1. The quantitative estimate of drug-likeness (QED) is 0.753. The second-order valence-electron chi connectivity index (χ2n) is 7.33. The van der Waals surface area contributed by atoms with Gasteiger partial charge < -0.3 is 14.5 Å². The van der Waals surface area contributed by atoms with Crippen molar-refractivity contribution < 1.29 is 9.47 Å². The summed E-state index contributed by atoms with van der Waals surface area (Å²) in [5.41, 5.74) is 3.02. The van der Waals surface area contributed by atoms with Crippen molar-refractivity contribution in [3.63, 3.8) is 0 Å². The smallest absolute Gasteiger partial charge is 0.203 e. The molecule has 0 bridgehead atoms. The number of nitrogens with one attached hydrogen (secondary N) is 1. The fourth-order valence-electron chi connectivity index (χ4n) is 3.53. The Balaban J connectivity index is 1.67. The molecule has 1 unspecified atom stereocenters. The summed E-state index contributed by atoms with van der Waals surface area (Å²) in [6, 6.07) is 11.9. The molecule has 1 atom stereocenters. The van der Waals surface area contributed by atoms with Crippen molar-refractivity contribution in [1.82, 2.24) is 4.98 Å². The van der Waals surface area contributed by atoms with Crippen molar-refractivity contribution in [1.29, 1.82) is 5.26 Å². The summed E-state index contributed by atoms with van der Waals surface area (Å²) < 4.78 is 11.4. The Bertz CT molecular complexity index is 859. The molecule has 0 spiro atoms. The van der Waals surface area contributed by atoms with Crippen LogP contribution in [-0.2, 0) is 24.0 Å². The lowest BCUT2D eigenvalue weighted by molar-refractivity contribution is -0.0120. The highest BCUT2D eigenvalue weighted by Gasteiger charge is 2.16. The van der Waals surface area contributed by atoms with Crippen LogP contribution in [0.3, 0.4) is 0 Å². The van der Waals surface area contributed by atoms with Crippen LogP contribution in [-0.4, -0.2) is 24.3 Å². The summed E-state index contributed by atoms with van der Waals surface area (Å²) in [4.78, 5) is 15.5. The zero-order valence-corrected chi connectivity index (χ0v) is 16.5. The molecule has 3 rings (SSSR count). The molecule has 2 heterocycles. The molecule has 0 amide bonds. The number of pyridine rings is 1. The molecule has 1 fully saturated rings. The molecule has 1 saturated heterocycles. The van der Waals surface area contributed by atoms with Gasteiger partial charge in [0.05, 0.1) is 6.10 Å². The zero-order valence-electron chi connectivity index (χ0n) is 16.5. The van der Waals surface area contributed by atoms with Crippen molar-refractivity contribution in [2.45, 2.75) is 58.0 Å². The van der Waals surface area contributed by atoms with Gasteiger partial charge in [-0.05, 0) is 49.7 Å². The van der Waals surface area contributed by atoms with E-state index in [1.165, 1.54) is 17.2 Å². The molecule has 148 valence electrons. The van der Waals surface area contributed by atoms with E-state index in [0.29, 0.717) is 24.6 Å². The largest absolute Gasteiger partial charge is 0.476 e. The van der Waals surface area contributed by atoms with Crippen molar-refractivity contribution >= 4 is 0 Å². The minimum Gasteiger partial charge on any atom is -0.476 e. The number of aromatic amines is 1. The van der Waals surface area contributed by atoms with Gasteiger partial charge in [-0.3, -0.25) is 4.79 Å². The number of aromatic nitrogens is 1. The Kier molecular flexibility index (Phi) is 7.27.